The Morgan fingerprint density at radius 2 is 1.81 bits per heavy atom. The average Bonchev–Trinajstić information content (AvgIpc) is 3.10. The first-order valence-electron chi connectivity index (χ1n) is 11.9. The van der Waals surface area contributed by atoms with Crippen LogP contribution >= 0.6 is 11.6 Å². The summed E-state index contributed by atoms with van der Waals surface area (Å²) in [4.78, 5) is 4.40. The molecule has 0 fully saturated rings. The fourth-order valence-corrected chi connectivity index (χ4v) is 5.07. The van der Waals surface area contributed by atoms with E-state index in [0.717, 1.165) is 27.9 Å². The second-order valence-electron chi connectivity index (χ2n) is 10.6. The Kier molecular flexibility index (Phi) is 8.12. The lowest BCUT2D eigenvalue weighted by Gasteiger charge is -2.36. The van der Waals surface area contributed by atoms with Gasteiger partial charge in [0.2, 0.25) is 0 Å². The topological polar surface area (TPSA) is 94.9 Å². The molecule has 0 radical (unpaired) electrons. The van der Waals surface area contributed by atoms with Crippen molar-refractivity contribution in [1.82, 2.24) is 9.55 Å². The van der Waals surface area contributed by atoms with Crippen LogP contribution in [0.2, 0.25) is 23.3 Å². The summed E-state index contributed by atoms with van der Waals surface area (Å²) in [6, 6.07) is 13.5. The number of aliphatic hydroxyl groups excluding tert-OH is 1. The van der Waals surface area contributed by atoms with Crippen molar-refractivity contribution in [1.29, 1.82) is 10.5 Å². The molecule has 3 aromatic rings. The Balaban J connectivity index is 2.03. The van der Waals surface area contributed by atoms with Crippen molar-refractivity contribution in [3.63, 3.8) is 0 Å². The molecular weight excluding hydrogens is 488 g/mol. The van der Waals surface area contributed by atoms with Gasteiger partial charge in [-0.2, -0.15) is 10.5 Å². The van der Waals surface area contributed by atoms with Crippen LogP contribution in [0.1, 0.15) is 67.4 Å². The molecule has 8 heteroatoms. The Morgan fingerprint density at radius 3 is 2.33 bits per heavy atom. The molecule has 0 saturated heterocycles. The van der Waals surface area contributed by atoms with Gasteiger partial charge >= 0.3 is 0 Å². The minimum atomic E-state index is -1.97. The van der Waals surface area contributed by atoms with Gasteiger partial charge in [-0.05, 0) is 61.3 Å². The van der Waals surface area contributed by atoms with Gasteiger partial charge in [-0.1, -0.05) is 44.5 Å². The zero-order valence-electron chi connectivity index (χ0n) is 22.0. The lowest BCUT2D eigenvalue weighted by atomic mass is 9.99. The zero-order valence-corrected chi connectivity index (χ0v) is 23.7. The number of halogens is 1. The Hall–Kier alpha value is -2.94. The number of nitriles is 2. The molecule has 0 aliphatic carbocycles. The fraction of sp³-hybridized carbons (Fsp3) is 0.393. The van der Waals surface area contributed by atoms with Crippen LogP contribution in [0, 0.1) is 29.6 Å². The van der Waals surface area contributed by atoms with E-state index in [2.05, 4.69) is 51.0 Å². The molecule has 188 valence electrons. The van der Waals surface area contributed by atoms with Gasteiger partial charge in [-0.3, -0.25) is 0 Å². The summed E-state index contributed by atoms with van der Waals surface area (Å²) in [5, 5.41) is 30.3. The Morgan fingerprint density at radius 1 is 1.17 bits per heavy atom. The fourth-order valence-electron chi connectivity index (χ4n) is 3.96. The van der Waals surface area contributed by atoms with E-state index >= 15 is 0 Å². The molecule has 2 heterocycles. The van der Waals surface area contributed by atoms with Crippen molar-refractivity contribution >= 4 is 19.9 Å². The van der Waals surface area contributed by atoms with E-state index in [1.807, 2.05) is 29.7 Å². The van der Waals surface area contributed by atoms with Crippen molar-refractivity contribution in [2.45, 2.75) is 72.0 Å². The lowest BCUT2D eigenvalue weighted by Crippen LogP contribution is -2.40. The van der Waals surface area contributed by atoms with Gasteiger partial charge in [-0.25, -0.2) is 4.98 Å². The molecule has 0 aliphatic rings. The summed E-state index contributed by atoms with van der Waals surface area (Å²) in [5.74, 6) is 0. The molecule has 6 nitrogen and oxygen atoms in total. The first-order chi connectivity index (χ1) is 16.8. The Labute approximate surface area is 219 Å². The second kappa shape index (κ2) is 10.6. The summed E-state index contributed by atoms with van der Waals surface area (Å²) < 4.78 is 8.33. The highest BCUT2D eigenvalue weighted by molar-refractivity contribution is 6.74. The monoisotopic (exact) mass is 520 g/mol. The van der Waals surface area contributed by atoms with Crippen LogP contribution < -0.4 is 0 Å². The van der Waals surface area contributed by atoms with Crippen molar-refractivity contribution in [2.75, 3.05) is 0 Å². The van der Waals surface area contributed by atoms with Crippen molar-refractivity contribution in [3.05, 3.63) is 75.3 Å². The maximum absolute atomic E-state index is 10.6. The summed E-state index contributed by atoms with van der Waals surface area (Å²) >= 11 is 6.42. The number of hydrogen-bond donors (Lipinski definition) is 1. The summed E-state index contributed by atoms with van der Waals surface area (Å²) in [6.45, 7) is 15.4. The number of nitrogens with zero attached hydrogens (tertiary/aromatic N) is 4. The molecular formula is C28H33ClN4O2Si. The van der Waals surface area contributed by atoms with E-state index in [-0.39, 0.29) is 5.04 Å². The van der Waals surface area contributed by atoms with Gasteiger partial charge in [0, 0.05) is 29.6 Å². The SMILES string of the molecule is Cc1c(-c2ccc(C#N)cc2)c(C#N)c([C@H](C)O)n1Cc1cnc(Cl)c(CO[Si](C)(C)C(C)(C)C)c1. The van der Waals surface area contributed by atoms with Gasteiger partial charge in [0.15, 0.2) is 8.32 Å². The molecule has 0 unspecified atom stereocenters. The molecule has 0 bridgehead atoms. The lowest BCUT2D eigenvalue weighted by molar-refractivity contribution is 0.189. The van der Waals surface area contributed by atoms with E-state index in [1.165, 1.54) is 0 Å². The van der Waals surface area contributed by atoms with Gasteiger partial charge < -0.3 is 14.1 Å². The molecule has 36 heavy (non-hydrogen) atoms. The number of aliphatic hydroxyl groups is 1. The first-order valence-corrected chi connectivity index (χ1v) is 15.2. The number of aromatic nitrogens is 2. The van der Waals surface area contributed by atoms with Crippen molar-refractivity contribution in [2.24, 2.45) is 0 Å². The van der Waals surface area contributed by atoms with Crippen LogP contribution in [-0.4, -0.2) is 23.0 Å². The van der Waals surface area contributed by atoms with E-state index in [9.17, 15) is 10.4 Å². The number of benzene rings is 1. The highest BCUT2D eigenvalue weighted by Crippen LogP contribution is 2.38. The highest BCUT2D eigenvalue weighted by Gasteiger charge is 2.37. The predicted octanol–water partition coefficient (Wildman–Crippen LogP) is 6.88. The zero-order chi connectivity index (χ0) is 26.8. The highest BCUT2D eigenvalue weighted by atomic mass is 35.5. The van der Waals surface area contributed by atoms with Crippen LogP contribution in [0.25, 0.3) is 11.1 Å². The molecule has 0 spiro atoms. The summed E-state index contributed by atoms with van der Waals surface area (Å²) in [7, 11) is -1.97. The Bertz CT molecular complexity index is 1340. The summed E-state index contributed by atoms with van der Waals surface area (Å²) in [5.41, 5.74) is 5.65. The van der Waals surface area contributed by atoms with Crippen LogP contribution in [0.5, 0.6) is 0 Å². The molecule has 2 aromatic heterocycles. The largest absolute Gasteiger partial charge is 0.412 e. The number of hydrogen-bond acceptors (Lipinski definition) is 5. The third-order valence-corrected chi connectivity index (χ3v) is 11.9. The second-order valence-corrected chi connectivity index (χ2v) is 15.8. The third kappa shape index (κ3) is 5.56. The minimum absolute atomic E-state index is 0.0778. The molecule has 0 saturated carbocycles. The molecule has 0 aliphatic heterocycles. The van der Waals surface area contributed by atoms with E-state index < -0.39 is 14.4 Å². The predicted molar refractivity (Wildman–Crippen MR) is 145 cm³/mol. The van der Waals surface area contributed by atoms with Crippen LogP contribution in [-0.2, 0) is 17.6 Å². The van der Waals surface area contributed by atoms with Gasteiger partial charge in [0.05, 0.1) is 35.6 Å². The van der Waals surface area contributed by atoms with Gasteiger partial charge in [0.25, 0.3) is 0 Å². The standard InChI is InChI=1S/C28H33ClN4O2Si/c1-18-25(22-10-8-20(13-30)9-11-22)24(14-31)26(19(2)34)33(18)16-21-12-23(27(29)32-15-21)17-35-36(6,7)28(3,4)5/h8-12,15,19,34H,16-17H2,1-7H3/t19-/m0/s1. The van der Waals surface area contributed by atoms with E-state index in [0.29, 0.717) is 35.1 Å². The van der Waals surface area contributed by atoms with Gasteiger partial charge in [0.1, 0.15) is 11.2 Å². The molecule has 1 N–H and O–H groups in total. The third-order valence-electron chi connectivity index (χ3n) is 7.08. The minimum Gasteiger partial charge on any atom is -0.412 e. The first kappa shape index (κ1) is 27.6. The van der Waals surface area contributed by atoms with Crippen LogP contribution in [0.4, 0.5) is 0 Å². The summed E-state index contributed by atoms with van der Waals surface area (Å²) in [6.07, 6.45) is 0.865. The average molecular weight is 521 g/mol. The maximum Gasteiger partial charge on any atom is 0.192 e. The van der Waals surface area contributed by atoms with Crippen LogP contribution in [0.3, 0.4) is 0 Å². The van der Waals surface area contributed by atoms with Crippen LogP contribution in [0.15, 0.2) is 36.5 Å². The normalized spacial score (nSPS) is 12.8. The molecule has 1 aromatic carbocycles. The van der Waals surface area contributed by atoms with E-state index in [1.54, 1.807) is 25.3 Å². The number of rotatable bonds is 7. The van der Waals surface area contributed by atoms with E-state index in [4.69, 9.17) is 21.3 Å². The van der Waals surface area contributed by atoms with Gasteiger partial charge in [-0.15, -0.1) is 0 Å². The number of pyridine rings is 1. The van der Waals surface area contributed by atoms with Crippen molar-refractivity contribution in [3.8, 4) is 23.3 Å². The smallest absolute Gasteiger partial charge is 0.192 e. The maximum atomic E-state index is 10.6. The molecule has 1 atom stereocenters. The quantitative estimate of drug-likeness (QED) is 0.270. The molecule has 0 amide bonds. The molecule has 3 rings (SSSR count). The van der Waals surface area contributed by atoms with Crippen molar-refractivity contribution < 1.29 is 9.53 Å².